The van der Waals surface area contributed by atoms with E-state index in [0.717, 1.165) is 4.90 Å². The molecule has 0 aliphatic carbocycles. The number of imide groups is 1. The molecule has 0 aromatic heterocycles. The summed E-state index contributed by atoms with van der Waals surface area (Å²) in [4.78, 5) is 37.5. The number of nitrogens with zero attached hydrogens (tertiary/aromatic N) is 1. The highest BCUT2D eigenvalue weighted by Gasteiger charge is 2.52. The predicted octanol–water partition coefficient (Wildman–Crippen LogP) is 1.96. The number of carbonyl (C=O) groups excluding carboxylic acids is 3. The van der Waals surface area contributed by atoms with Gasteiger partial charge in [0.1, 0.15) is 5.54 Å². The second-order valence-electron chi connectivity index (χ2n) is 6.47. The van der Waals surface area contributed by atoms with Crippen molar-refractivity contribution in [2.75, 3.05) is 6.54 Å². The highest BCUT2D eigenvalue weighted by molar-refractivity contribution is 6.09. The summed E-state index contributed by atoms with van der Waals surface area (Å²) < 4.78 is 0. The summed E-state index contributed by atoms with van der Waals surface area (Å²) >= 11 is 0. The molecule has 1 unspecified atom stereocenters. The maximum Gasteiger partial charge on any atom is 0.325 e. The van der Waals surface area contributed by atoms with Crippen LogP contribution in [0, 0.1) is 11.3 Å². The zero-order chi connectivity index (χ0) is 15.0. The van der Waals surface area contributed by atoms with Gasteiger partial charge in [-0.15, -0.1) is 0 Å². The molecule has 19 heavy (non-hydrogen) atoms. The maximum atomic E-state index is 12.5. The molecule has 1 rings (SSSR count). The largest absolute Gasteiger partial charge is 0.325 e. The summed E-state index contributed by atoms with van der Waals surface area (Å²) in [5.41, 5.74) is -1.43. The third kappa shape index (κ3) is 2.65. The number of Topliss-reactive ketones (excluding diaryl/α,β-unsaturated/α-hetero) is 1. The van der Waals surface area contributed by atoms with Gasteiger partial charge >= 0.3 is 6.03 Å². The van der Waals surface area contributed by atoms with E-state index in [0.29, 0.717) is 6.42 Å². The minimum Gasteiger partial charge on any atom is -0.323 e. The Kier molecular flexibility index (Phi) is 4.08. The fourth-order valence-electron chi connectivity index (χ4n) is 2.21. The third-order valence-electron chi connectivity index (χ3n) is 3.88. The number of hydrogen-bond acceptors (Lipinski definition) is 3. The van der Waals surface area contributed by atoms with Crippen molar-refractivity contribution in [1.82, 2.24) is 10.2 Å². The van der Waals surface area contributed by atoms with Gasteiger partial charge in [0.2, 0.25) is 0 Å². The van der Waals surface area contributed by atoms with E-state index in [4.69, 9.17) is 0 Å². The van der Waals surface area contributed by atoms with Gasteiger partial charge in [0.25, 0.3) is 5.91 Å². The first-order valence-electron chi connectivity index (χ1n) is 6.73. The van der Waals surface area contributed by atoms with Crippen molar-refractivity contribution in [2.24, 2.45) is 11.3 Å². The smallest absolute Gasteiger partial charge is 0.323 e. The zero-order valence-electron chi connectivity index (χ0n) is 12.7. The van der Waals surface area contributed by atoms with Crippen molar-refractivity contribution in [3.63, 3.8) is 0 Å². The molecule has 1 aliphatic heterocycles. The summed E-state index contributed by atoms with van der Waals surface area (Å²) in [6.07, 6.45) is 0.523. The van der Waals surface area contributed by atoms with E-state index in [9.17, 15) is 14.4 Å². The Hall–Kier alpha value is -1.39. The molecule has 1 fully saturated rings. The van der Waals surface area contributed by atoms with Gasteiger partial charge < -0.3 is 5.32 Å². The van der Waals surface area contributed by atoms with Gasteiger partial charge in [-0.2, -0.15) is 0 Å². The summed E-state index contributed by atoms with van der Waals surface area (Å²) in [5, 5.41) is 2.76. The van der Waals surface area contributed by atoms with Gasteiger partial charge in [0.15, 0.2) is 5.78 Å². The van der Waals surface area contributed by atoms with Gasteiger partial charge in [-0.25, -0.2) is 4.79 Å². The van der Waals surface area contributed by atoms with Crippen molar-refractivity contribution in [2.45, 2.75) is 53.5 Å². The summed E-state index contributed by atoms with van der Waals surface area (Å²) in [6, 6.07) is -0.460. The minimum absolute atomic E-state index is 0.0105. The first-order chi connectivity index (χ1) is 8.56. The quantitative estimate of drug-likeness (QED) is 0.793. The van der Waals surface area contributed by atoms with Gasteiger partial charge in [0.05, 0.1) is 6.54 Å². The predicted molar refractivity (Wildman–Crippen MR) is 72.6 cm³/mol. The molecule has 1 heterocycles. The lowest BCUT2D eigenvalue weighted by molar-refractivity contribution is -0.137. The number of urea groups is 1. The van der Waals surface area contributed by atoms with Crippen LogP contribution in [-0.2, 0) is 9.59 Å². The molecule has 0 saturated carbocycles. The Bertz CT molecular complexity index is 409. The van der Waals surface area contributed by atoms with Crippen LogP contribution >= 0.6 is 0 Å². The molecule has 0 spiro atoms. The van der Waals surface area contributed by atoms with Crippen LogP contribution in [0.3, 0.4) is 0 Å². The SMILES string of the molecule is CCC1(C(C)C)NC(=O)N(CC(=O)C(C)(C)C)C1=O. The molecule has 0 bridgehead atoms. The van der Waals surface area contributed by atoms with Crippen LogP contribution in [0.4, 0.5) is 4.79 Å². The van der Waals surface area contributed by atoms with Gasteiger partial charge in [-0.1, -0.05) is 41.5 Å². The fraction of sp³-hybridized carbons (Fsp3) is 0.786. The topological polar surface area (TPSA) is 66.5 Å². The van der Waals surface area contributed by atoms with E-state index in [2.05, 4.69) is 5.32 Å². The first kappa shape index (κ1) is 15.7. The van der Waals surface area contributed by atoms with Gasteiger partial charge in [-0.05, 0) is 12.3 Å². The van der Waals surface area contributed by atoms with Crippen molar-refractivity contribution in [1.29, 1.82) is 0 Å². The average molecular weight is 268 g/mol. The Morgan fingerprint density at radius 1 is 1.32 bits per heavy atom. The fourth-order valence-corrected chi connectivity index (χ4v) is 2.21. The molecule has 1 aliphatic rings. The minimum atomic E-state index is -0.866. The molecule has 0 aromatic rings. The lowest BCUT2D eigenvalue weighted by atomic mass is 9.83. The van der Waals surface area contributed by atoms with Crippen molar-refractivity contribution < 1.29 is 14.4 Å². The van der Waals surface area contributed by atoms with Gasteiger partial charge in [-0.3, -0.25) is 14.5 Å². The van der Waals surface area contributed by atoms with E-state index in [-0.39, 0.29) is 24.2 Å². The number of nitrogens with one attached hydrogen (secondary N) is 1. The van der Waals surface area contributed by atoms with Crippen LogP contribution in [0.1, 0.15) is 48.0 Å². The molecular weight excluding hydrogens is 244 g/mol. The van der Waals surface area contributed by atoms with E-state index in [1.54, 1.807) is 20.8 Å². The highest BCUT2D eigenvalue weighted by atomic mass is 16.2. The van der Waals surface area contributed by atoms with Crippen LogP contribution in [0.2, 0.25) is 0 Å². The summed E-state index contributed by atoms with van der Waals surface area (Å²) in [7, 11) is 0. The molecule has 0 aromatic carbocycles. The monoisotopic (exact) mass is 268 g/mol. The molecule has 1 saturated heterocycles. The number of hydrogen-bond donors (Lipinski definition) is 1. The number of rotatable bonds is 4. The lowest BCUT2D eigenvalue weighted by Crippen LogP contribution is -2.51. The first-order valence-corrected chi connectivity index (χ1v) is 6.73. The second kappa shape index (κ2) is 4.94. The summed E-state index contributed by atoms with van der Waals surface area (Å²) in [6.45, 7) is 10.9. The van der Waals surface area contributed by atoms with Crippen molar-refractivity contribution in [3.8, 4) is 0 Å². The van der Waals surface area contributed by atoms with Crippen molar-refractivity contribution in [3.05, 3.63) is 0 Å². The normalized spacial score (nSPS) is 24.1. The molecule has 108 valence electrons. The Balaban J connectivity index is 2.98. The van der Waals surface area contributed by atoms with E-state index in [1.165, 1.54) is 0 Å². The molecule has 5 heteroatoms. The average Bonchev–Trinajstić information content (AvgIpc) is 2.52. The van der Waals surface area contributed by atoms with Crippen LogP contribution < -0.4 is 5.32 Å². The van der Waals surface area contributed by atoms with Crippen LogP contribution in [0.15, 0.2) is 0 Å². The molecule has 0 radical (unpaired) electrons. The molecular formula is C14H24N2O3. The third-order valence-corrected chi connectivity index (χ3v) is 3.88. The van der Waals surface area contributed by atoms with Crippen LogP contribution in [0.5, 0.6) is 0 Å². The van der Waals surface area contributed by atoms with Crippen LogP contribution in [0.25, 0.3) is 0 Å². The number of amides is 3. The summed E-state index contributed by atoms with van der Waals surface area (Å²) in [5.74, 6) is -0.414. The number of carbonyl (C=O) groups is 3. The Labute approximate surface area is 114 Å². The molecule has 3 amide bonds. The van der Waals surface area contributed by atoms with E-state index < -0.39 is 17.0 Å². The molecule has 1 atom stereocenters. The van der Waals surface area contributed by atoms with Crippen molar-refractivity contribution >= 4 is 17.7 Å². The molecule has 1 N–H and O–H groups in total. The Morgan fingerprint density at radius 3 is 2.16 bits per heavy atom. The van der Waals surface area contributed by atoms with E-state index in [1.807, 2.05) is 20.8 Å². The van der Waals surface area contributed by atoms with Gasteiger partial charge in [0, 0.05) is 5.41 Å². The number of ketones is 1. The van der Waals surface area contributed by atoms with Crippen LogP contribution in [-0.4, -0.2) is 34.7 Å². The van der Waals surface area contributed by atoms with E-state index >= 15 is 0 Å². The zero-order valence-corrected chi connectivity index (χ0v) is 12.7. The Morgan fingerprint density at radius 2 is 1.84 bits per heavy atom. The highest BCUT2D eigenvalue weighted by Crippen LogP contribution is 2.29. The second-order valence-corrected chi connectivity index (χ2v) is 6.47. The standard InChI is InChI=1S/C14H24N2O3/c1-7-14(9(2)3)11(18)16(12(19)15-14)8-10(17)13(4,5)6/h9H,7-8H2,1-6H3,(H,15,19). The lowest BCUT2D eigenvalue weighted by Gasteiger charge is -2.29. The maximum absolute atomic E-state index is 12.5. The molecule has 5 nitrogen and oxygen atoms in total.